The summed E-state index contributed by atoms with van der Waals surface area (Å²) in [5.41, 5.74) is 2.24. The molecule has 136 valence electrons. The lowest BCUT2D eigenvalue weighted by Gasteiger charge is -2.40. The SMILES string of the molecule is CN(C)c1ncc2c(n1)C1(CCCN(C(=O)CCCC(=O)O)C1)CC2. The van der Waals surface area contributed by atoms with Crippen LogP contribution in [-0.4, -0.2) is 59.0 Å². The van der Waals surface area contributed by atoms with Crippen LogP contribution in [0.2, 0.25) is 0 Å². The third-order valence-electron chi connectivity index (χ3n) is 5.34. The molecular formula is C18H26N4O3. The number of hydrogen-bond donors (Lipinski definition) is 1. The van der Waals surface area contributed by atoms with Crippen LogP contribution in [0.4, 0.5) is 5.95 Å². The average Bonchev–Trinajstić information content (AvgIpc) is 2.92. The first-order valence-corrected chi connectivity index (χ1v) is 8.94. The van der Waals surface area contributed by atoms with Crippen LogP contribution in [0.15, 0.2) is 6.20 Å². The highest BCUT2D eigenvalue weighted by Gasteiger charge is 2.44. The van der Waals surface area contributed by atoms with Gasteiger partial charge in [-0.1, -0.05) is 0 Å². The minimum absolute atomic E-state index is 0.0486. The summed E-state index contributed by atoms with van der Waals surface area (Å²) < 4.78 is 0. The maximum Gasteiger partial charge on any atom is 0.303 e. The largest absolute Gasteiger partial charge is 0.481 e. The van der Waals surface area contributed by atoms with E-state index in [4.69, 9.17) is 10.1 Å². The number of likely N-dealkylation sites (tertiary alicyclic amines) is 1. The third kappa shape index (κ3) is 3.60. The Hall–Kier alpha value is -2.18. The summed E-state index contributed by atoms with van der Waals surface area (Å²) in [5, 5.41) is 8.74. The summed E-state index contributed by atoms with van der Waals surface area (Å²) in [7, 11) is 3.87. The zero-order chi connectivity index (χ0) is 18.0. The number of carbonyl (C=O) groups is 2. The minimum Gasteiger partial charge on any atom is -0.481 e. The van der Waals surface area contributed by atoms with E-state index in [0.29, 0.717) is 25.3 Å². The number of anilines is 1. The molecule has 7 nitrogen and oxygen atoms in total. The number of aryl methyl sites for hydroxylation is 1. The molecule has 1 N–H and O–H groups in total. The second kappa shape index (κ2) is 6.98. The van der Waals surface area contributed by atoms with Crippen LogP contribution >= 0.6 is 0 Å². The molecule has 0 saturated carbocycles. The van der Waals surface area contributed by atoms with E-state index in [1.165, 1.54) is 5.56 Å². The number of fused-ring (bicyclic) bond motifs is 2. The quantitative estimate of drug-likeness (QED) is 0.871. The number of hydrogen-bond acceptors (Lipinski definition) is 5. The molecule has 1 aliphatic carbocycles. The van der Waals surface area contributed by atoms with Crippen LogP contribution in [-0.2, 0) is 21.4 Å². The lowest BCUT2D eigenvalue weighted by molar-refractivity contribution is -0.137. The van der Waals surface area contributed by atoms with E-state index in [2.05, 4.69) is 4.98 Å². The number of carbonyl (C=O) groups excluding carboxylic acids is 1. The van der Waals surface area contributed by atoms with Crippen LogP contribution in [0.3, 0.4) is 0 Å². The Balaban J connectivity index is 1.75. The predicted molar refractivity (Wildman–Crippen MR) is 93.7 cm³/mol. The smallest absolute Gasteiger partial charge is 0.303 e. The zero-order valence-corrected chi connectivity index (χ0v) is 15.0. The summed E-state index contributed by atoms with van der Waals surface area (Å²) in [5.74, 6) is -0.0684. The van der Waals surface area contributed by atoms with Crippen LogP contribution in [0.25, 0.3) is 0 Å². The Kier molecular flexibility index (Phi) is 4.92. The van der Waals surface area contributed by atoms with Gasteiger partial charge >= 0.3 is 5.97 Å². The molecule has 1 aliphatic heterocycles. The fraction of sp³-hybridized carbons (Fsp3) is 0.667. The van der Waals surface area contributed by atoms with E-state index in [9.17, 15) is 9.59 Å². The third-order valence-corrected chi connectivity index (χ3v) is 5.34. The first kappa shape index (κ1) is 17.6. The van der Waals surface area contributed by atoms with Gasteiger partial charge in [0.15, 0.2) is 0 Å². The molecule has 2 aliphatic rings. The number of aliphatic carboxylic acids is 1. The van der Waals surface area contributed by atoms with Gasteiger partial charge in [0.25, 0.3) is 0 Å². The molecule has 3 rings (SSSR count). The first-order valence-electron chi connectivity index (χ1n) is 8.94. The lowest BCUT2D eigenvalue weighted by atomic mass is 9.77. The van der Waals surface area contributed by atoms with Crippen molar-refractivity contribution in [3.05, 3.63) is 17.5 Å². The summed E-state index contributed by atoms with van der Waals surface area (Å²) >= 11 is 0. The van der Waals surface area contributed by atoms with Crippen LogP contribution in [0, 0.1) is 0 Å². The Morgan fingerprint density at radius 3 is 2.84 bits per heavy atom. The number of aromatic nitrogens is 2. The van der Waals surface area contributed by atoms with Crippen molar-refractivity contribution in [3.63, 3.8) is 0 Å². The van der Waals surface area contributed by atoms with Crippen molar-refractivity contribution in [2.24, 2.45) is 0 Å². The number of rotatable bonds is 5. The molecule has 2 heterocycles. The van der Waals surface area contributed by atoms with Crippen molar-refractivity contribution in [1.82, 2.24) is 14.9 Å². The molecule has 25 heavy (non-hydrogen) atoms. The Labute approximate surface area is 148 Å². The molecule has 7 heteroatoms. The summed E-state index contributed by atoms with van der Waals surface area (Å²) in [4.78, 5) is 36.2. The van der Waals surface area contributed by atoms with Crippen molar-refractivity contribution < 1.29 is 14.7 Å². The Bertz CT molecular complexity index is 672. The lowest BCUT2D eigenvalue weighted by Crippen LogP contribution is -2.48. The number of nitrogens with zero attached hydrogens (tertiary/aromatic N) is 4. The molecule has 0 aromatic carbocycles. The van der Waals surface area contributed by atoms with Crippen molar-refractivity contribution in [1.29, 1.82) is 0 Å². The molecule has 1 unspecified atom stereocenters. The van der Waals surface area contributed by atoms with Crippen molar-refractivity contribution in [3.8, 4) is 0 Å². The van der Waals surface area contributed by atoms with Crippen molar-refractivity contribution >= 4 is 17.8 Å². The standard InChI is InChI=1S/C18H26N4O3/c1-21(2)17-19-11-13-7-9-18(16(13)20-17)8-4-10-22(12-18)14(23)5-3-6-15(24)25/h11H,3-10,12H2,1-2H3,(H,24,25). The number of carboxylic acids is 1. The van der Waals surface area contributed by atoms with Gasteiger partial charge in [-0.3, -0.25) is 9.59 Å². The van der Waals surface area contributed by atoms with Gasteiger partial charge in [-0.2, -0.15) is 0 Å². The maximum absolute atomic E-state index is 12.5. The van der Waals surface area contributed by atoms with E-state index in [1.54, 1.807) is 0 Å². The molecule has 1 aromatic heterocycles. The Morgan fingerprint density at radius 1 is 1.32 bits per heavy atom. The normalized spacial score (nSPS) is 22.1. The molecule has 1 amide bonds. The van der Waals surface area contributed by atoms with Gasteiger partial charge < -0.3 is 14.9 Å². The fourth-order valence-corrected chi connectivity index (χ4v) is 4.04. The zero-order valence-electron chi connectivity index (χ0n) is 15.0. The van der Waals surface area contributed by atoms with Crippen LogP contribution in [0.5, 0.6) is 0 Å². The topological polar surface area (TPSA) is 86.6 Å². The summed E-state index contributed by atoms with van der Waals surface area (Å²) in [6.45, 7) is 1.45. The molecule has 0 bridgehead atoms. The van der Waals surface area contributed by atoms with Gasteiger partial charge in [0, 0.05) is 51.6 Å². The van der Waals surface area contributed by atoms with Gasteiger partial charge in [-0.15, -0.1) is 0 Å². The number of amides is 1. The highest BCUT2D eigenvalue weighted by atomic mass is 16.4. The first-order chi connectivity index (χ1) is 11.9. The molecule has 1 aromatic rings. The van der Waals surface area contributed by atoms with Crippen molar-refractivity contribution in [2.45, 2.75) is 50.4 Å². The molecule has 1 saturated heterocycles. The van der Waals surface area contributed by atoms with E-state index in [1.807, 2.05) is 30.1 Å². The maximum atomic E-state index is 12.5. The highest BCUT2D eigenvalue weighted by Crippen LogP contribution is 2.44. The fourth-order valence-electron chi connectivity index (χ4n) is 4.04. The van der Waals surface area contributed by atoms with E-state index < -0.39 is 5.97 Å². The monoisotopic (exact) mass is 346 g/mol. The number of carboxylic acid groups (broad SMARTS) is 1. The van der Waals surface area contributed by atoms with Crippen molar-refractivity contribution in [2.75, 3.05) is 32.1 Å². The summed E-state index contributed by atoms with van der Waals surface area (Å²) in [6, 6.07) is 0. The van der Waals surface area contributed by atoms with E-state index >= 15 is 0 Å². The number of piperidine rings is 1. The minimum atomic E-state index is -0.847. The predicted octanol–water partition coefficient (Wildman–Crippen LogP) is 1.60. The van der Waals surface area contributed by atoms with E-state index in [0.717, 1.165) is 37.9 Å². The van der Waals surface area contributed by atoms with Gasteiger partial charge in [0.2, 0.25) is 11.9 Å². The second-order valence-corrected chi connectivity index (χ2v) is 7.38. The molecule has 1 atom stereocenters. The Morgan fingerprint density at radius 2 is 2.12 bits per heavy atom. The molecule has 0 radical (unpaired) electrons. The van der Waals surface area contributed by atoms with Gasteiger partial charge in [-0.25, -0.2) is 9.97 Å². The van der Waals surface area contributed by atoms with Gasteiger partial charge in [0.1, 0.15) is 0 Å². The van der Waals surface area contributed by atoms with E-state index in [-0.39, 0.29) is 17.7 Å². The molecule has 1 spiro atoms. The molecule has 1 fully saturated rings. The second-order valence-electron chi connectivity index (χ2n) is 7.38. The van der Waals surface area contributed by atoms with Crippen LogP contribution < -0.4 is 4.90 Å². The van der Waals surface area contributed by atoms with Gasteiger partial charge in [0.05, 0.1) is 5.69 Å². The van der Waals surface area contributed by atoms with Crippen LogP contribution in [0.1, 0.15) is 49.8 Å². The highest BCUT2D eigenvalue weighted by molar-refractivity contribution is 5.77. The molecular weight excluding hydrogens is 320 g/mol. The average molecular weight is 346 g/mol. The summed E-state index contributed by atoms with van der Waals surface area (Å²) in [6.07, 6.45) is 6.67. The van der Waals surface area contributed by atoms with Gasteiger partial charge in [-0.05, 0) is 37.7 Å².